The predicted octanol–water partition coefficient (Wildman–Crippen LogP) is 2.09. The Bertz CT molecular complexity index is 624. The summed E-state index contributed by atoms with van der Waals surface area (Å²) < 4.78 is 5.29. The zero-order chi connectivity index (χ0) is 18.9. The number of amides is 1. The minimum absolute atomic E-state index is 0.189. The molecule has 1 amide bonds. The van der Waals surface area contributed by atoms with Crippen LogP contribution in [0.3, 0.4) is 0 Å². The number of carboxylic acid groups (broad SMARTS) is 1. The van der Waals surface area contributed by atoms with Gasteiger partial charge in [0.05, 0.1) is 30.3 Å². The number of carbonyl (C=O) groups is 2. The molecule has 0 aromatic heterocycles. The molecule has 1 aromatic carbocycles. The van der Waals surface area contributed by atoms with Gasteiger partial charge < -0.3 is 20.5 Å². The van der Waals surface area contributed by atoms with Crippen molar-refractivity contribution >= 4 is 40.8 Å². The minimum Gasteiger partial charge on any atom is -0.480 e. The fourth-order valence-electron chi connectivity index (χ4n) is 2.63. The first-order chi connectivity index (χ1) is 12.5. The highest BCUT2D eigenvalue weighted by atomic mass is 35.5. The number of nitrogens with one attached hydrogen (secondary N) is 2. The lowest BCUT2D eigenvalue weighted by Crippen LogP contribution is -2.42. The Balaban J connectivity index is 1.75. The van der Waals surface area contributed by atoms with Crippen LogP contribution in [0.2, 0.25) is 10.0 Å². The number of hydrogen-bond donors (Lipinski definition) is 3. The van der Waals surface area contributed by atoms with Crippen LogP contribution in [-0.4, -0.2) is 67.3 Å². The van der Waals surface area contributed by atoms with E-state index in [1.54, 1.807) is 12.1 Å². The van der Waals surface area contributed by atoms with Crippen molar-refractivity contribution in [1.29, 1.82) is 0 Å². The Morgan fingerprint density at radius 3 is 2.65 bits per heavy atom. The summed E-state index contributed by atoms with van der Waals surface area (Å²) in [5, 5.41) is 15.6. The molecule has 1 saturated heterocycles. The Morgan fingerprint density at radius 1 is 1.27 bits per heavy atom. The lowest BCUT2D eigenvalue weighted by molar-refractivity contribution is -0.141. The van der Waals surface area contributed by atoms with Crippen molar-refractivity contribution in [2.45, 2.75) is 18.9 Å². The molecule has 1 atom stereocenters. The number of halogens is 2. The molecule has 0 unspecified atom stereocenters. The molecule has 1 aromatic rings. The lowest BCUT2D eigenvalue weighted by atomic mass is 10.2. The maximum atomic E-state index is 12.1. The number of ether oxygens (including phenoxy) is 1. The van der Waals surface area contributed by atoms with E-state index in [4.69, 9.17) is 27.9 Å². The molecule has 0 bridgehead atoms. The number of morpholine rings is 1. The standard InChI is InChI=1S/C17H23Cl2N3O4/c18-12-2-3-14(13(19)10-12)21-16(23)11-15(17(24)25)20-4-1-5-22-6-8-26-9-7-22/h2-3,10,15,20H,1,4-9,11H2,(H,21,23)(H,24,25)/t15-/m1/s1. The van der Waals surface area contributed by atoms with Crippen molar-refractivity contribution in [3.8, 4) is 0 Å². The summed E-state index contributed by atoms with van der Waals surface area (Å²) >= 11 is 11.8. The molecular weight excluding hydrogens is 381 g/mol. The van der Waals surface area contributed by atoms with E-state index in [-0.39, 0.29) is 6.42 Å². The van der Waals surface area contributed by atoms with E-state index < -0.39 is 17.9 Å². The molecule has 1 fully saturated rings. The van der Waals surface area contributed by atoms with Crippen LogP contribution in [0.15, 0.2) is 18.2 Å². The van der Waals surface area contributed by atoms with Crippen LogP contribution in [-0.2, 0) is 14.3 Å². The second-order valence-electron chi connectivity index (χ2n) is 6.03. The molecule has 2 rings (SSSR count). The van der Waals surface area contributed by atoms with Crippen LogP contribution in [0.25, 0.3) is 0 Å². The maximum Gasteiger partial charge on any atom is 0.321 e. The molecule has 1 aliphatic heterocycles. The Labute approximate surface area is 162 Å². The summed E-state index contributed by atoms with van der Waals surface area (Å²) in [6.07, 6.45) is 0.611. The molecule has 3 N–H and O–H groups in total. The van der Waals surface area contributed by atoms with Gasteiger partial charge in [0, 0.05) is 18.1 Å². The second kappa shape index (κ2) is 10.7. The third kappa shape index (κ3) is 7.09. The van der Waals surface area contributed by atoms with Gasteiger partial charge in [-0.05, 0) is 37.7 Å². The molecule has 7 nitrogen and oxygen atoms in total. The Morgan fingerprint density at radius 2 is 2.00 bits per heavy atom. The minimum atomic E-state index is -1.06. The highest BCUT2D eigenvalue weighted by molar-refractivity contribution is 6.36. The average Bonchev–Trinajstić information content (AvgIpc) is 2.61. The van der Waals surface area contributed by atoms with Crippen LogP contribution < -0.4 is 10.6 Å². The number of benzene rings is 1. The molecule has 26 heavy (non-hydrogen) atoms. The zero-order valence-corrected chi connectivity index (χ0v) is 15.9. The summed E-state index contributed by atoms with van der Waals surface area (Å²) in [6.45, 7) is 4.65. The molecule has 1 heterocycles. The summed E-state index contributed by atoms with van der Waals surface area (Å²) in [7, 11) is 0. The van der Waals surface area contributed by atoms with E-state index in [0.717, 1.165) is 39.3 Å². The Hall–Kier alpha value is -1.38. The van der Waals surface area contributed by atoms with E-state index in [1.165, 1.54) is 6.07 Å². The van der Waals surface area contributed by atoms with Crippen LogP contribution in [0.1, 0.15) is 12.8 Å². The highest BCUT2D eigenvalue weighted by Crippen LogP contribution is 2.25. The van der Waals surface area contributed by atoms with E-state index in [2.05, 4.69) is 15.5 Å². The SMILES string of the molecule is O=C(C[C@@H](NCCCN1CCOCC1)C(=O)O)Nc1ccc(Cl)cc1Cl. The van der Waals surface area contributed by atoms with Crippen molar-refractivity contribution < 1.29 is 19.4 Å². The van der Waals surface area contributed by atoms with Crippen LogP contribution >= 0.6 is 23.2 Å². The molecular formula is C17H23Cl2N3O4. The fraction of sp³-hybridized carbons (Fsp3) is 0.529. The van der Waals surface area contributed by atoms with Gasteiger partial charge in [0.25, 0.3) is 0 Å². The summed E-state index contributed by atoms with van der Waals surface area (Å²) in [4.78, 5) is 25.8. The van der Waals surface area contributed by atoms with Crippen molar-refractivity contribution in [3.63, 3.8) is 0 Å². The van der Waals surface area contributed by atoms with Crippen LogP contribution in [0.5, 0.6) is 0 Å². The first-order valence-corrected chi connectivity index (χ1v) is 9.22. The quantitative estimate of drug-likeness (QED) is 0.546. The molecule has 9 heteroatoms. The lowest BCUT2D eigenvalue weighted by Gasteiger charge is -2.26. The monoisotopic (exact) mass is 403 g/mol. The van der Waals surface area contributed by atoms with E-state index in [0.29, 0.717) is 22.3 Å². The smallest absolute Gasteiger partial charge is 0.321 e. The molecule has 0 saturated carbocycles. The summed E-state index contributed by atoms with van der Waals surface area (Å²) in [5.74, 6) is -1.49. The molecule has 144 valence electrons. The number of anilines is 1. The maximum absolute atomic E-state index is 12.1. The van der Waals surface area contributed by atoms with Gasteiger partial charge >= 0.3 is 5.97 Å². The summed E-state index contributed by atoms with van der Waals surface area (Å²) in [6, 6.07) is 3.73. The van der Waals surface area contributed by atoms with Gasteiger partial charge in [-0.3, -0.25) is 14.5 Å². The van der Waals surface area contributed by atoms with Gasteiger partial charge in [-0.2, -0.15) is 0 Å². The van der Waals surface area contributed by atoms with Gasteiger partial charge in [0.15, 0.2) is 0 Å². The number of carboxylic acids is 1. The molecule has 1 aliphatic rings. The first-order valence-electron chi connectivity index (χ1n) is 8.47. The Kier molecular flexibility index (Phi) is 8.61. The number of rotatable bonds is 9. The average molecular weight is 404 g/mol. The van der Waals surface area contributed by atoms with Crippen molar-refractivity contribution in [3.05, 3.63) is 28.2 Å². The fourth-order valence-corrected chi connectivity index (χ4v) is 3.08. The van der Waals surface area contributed by atoms with Gasteiger partial charge in [-0.1, -0.05) is 23.2 Å². The number of carbonyl (C=O) groups excluding carboxylic acids is 1. The van der Waals surface area contributed by atoms with Crippen molar-refractivity contribution in [2.24, 2.45) is 0 Å². The van der Waals surface area contributed by atoms with Crippen LogP contribution in [0, 0.1) is 0 Å². The van der Waals surface area contributed by atoms with Gasteiger partial charge in [0.1, 0.15) is 6.04 Å². The molecule has 0 radical (unpaired) electrons. The van der Waals surface area contributed by atoms with E-state index in [9.17, 15) is 14.7 Å². The third-order valence-electron chi connectivity index (χ3n) is 4.04. The highest BCUT2D eigenvalue weighted by Gasteiger charge is 2.21. The second-order valence-corrected chi connectivity index (χ2v) is 6.87. The van der Waals surface area contributed by atoms with E-state index >= 15 is 0 Å². The molecule has 0 spiro atoms. The zero-order valence-electron chi connectivity index (χ0n) is 14.3. The van der Waals surface area contributed by atoms with Crippen molar-refractivity contribution in [1.82, 2.24) is 10.2 Å². The number of aliphatic carboxylic acids is 1. The van der Waals surface area contributed by atoms with Crippen LogP contribution in [0.4, 0.5) is 5.69 Å². The van der Waals surface area contributed by atoms with Gasteiger partial charge in [-0.25, -0.2) is 0 Å². The predicted molar refractivity (Wildman–Crippen MR) is 101 cm³/mol. The summed E-state index contributed by atoms with van der Waals surface area (Å²) in [5.41, 5.74) is 0.400. The number of hydrogen-bond acceptors (Lipinski definition) is 5. The third-order valence-corrected chi connectivity index (χ3v) is 4.59. The largest absolute Gasteiger partial charge is 0.480 e. The topological polar surface area (TPSA) is 90.9 Å². The van der Waals surface area contributed by atoms with Gasteiger partial charge in [-0.15, -0.1) is 0 Å². The van der Waals surface area contributed by atoms with Crippen molar-refractivity contribution in [2.75, 3.05) is 44.7 Å². The normalized spacial score (nSPS) is 16.2. The van der Waals surface area contributed by atoms with E-state index in [1.807, 2.05) is 0 Å². The van der Waals surface area contributed by atoms with Gasteiger partial charge in [0.2, 0.25) is 5.91 Å². The first kappa shape index (κ1) is 20.9. The number of nitrogens with zero attached hydrogens (tertiary/aromatic N) is 1. The molecule has 0 aliphatic carbocycles.